The molecule has 0 saturated heterocycles. The van der Waals surface area contributed by atoms with Crippen LogP contribution in [-0.2, 0) is 0 Å². The van der Waals surface area contributed by atoms with Gasteiger partial charge in [0.1, 0.15) is 22.5 Å². The molecule has 0 saturated carbocycles. The van der Waals surface area contributed by atoms with Gasteiger partial charge >= 0.3 is 7.12 Å². The Balaban J connectivity index is 0.000000173. The first-order chi connectivity index (χ1) is 26.4. The van der Waals surface area contributed by atoms with Gasteiger partial charge in [-0.3, -0.25) is 0 Å². The Morgan fingerprint density at radius 2 is 0.982 bits per heavy atom. The molecule has 2 aromatic heterocycles. The predicted molar refractivity (Wildman–Crippen MR) is 228 cm³/mol. The minimum Gasteiger partial charge on any atom is -0.494 e. The zero-order valence-corrected chi connectivity index (χ0v) is 31.1. The number of hydrogen-bond acceptors (Lipinski definition) is 10. The van der Waals surface area contributed by atoms with Gasteiger partial charge in [-0.05, 0) is 65.1 Å². The van der Waals surface area contributed by atoms with Gasteiger partial charge in [-0.25, -0.2) is 19.9 Å². The molecule has 10 nitrogen and oxygen atoms in total. The van der Waals surface area contributed by atoms with Crippen LogP contribution < -0.4 is 25.6 Å². The van der Waals surface area contributed by atoms with Crippen LogP contribution in [0.4, 0.5) is 23.3 Å². The molecule has 2 heterocycles. The third-order valence-corrected chi connectivity index (χ3v) is 8.42. The minimum absolute atomic E-state index is 0. The summed E-state index contributed by atoms with van der Waals surface area (Å²) in [6, 6.07) is 46.5. The average Bonchev–Trinajstić information content (AvgIpc) is 3.22. The standard InChI is InChI=1S/C21H17N3O.C15H12BrN3O.C6H7BO2.CH4/c1-25-19-13-16(15-8-4-2-5-9-15)12-17-14-22-21(24-20(17)19)23-18-10-6-3-7-11-18;1-20-13-8-11(16)7-10-9-17-15(19-14(10)13)18-12-5-3-2-4-6-12;8-7(9)6-4-2-1-3-5-6;/h2-14H,1H3,(H,22,23,24);2-9H,1H3,(H,17,18,19);1-5,8-9H;1H4. The molecule has 8 aromatic rings. The van der Waals surface area contributed by atoms with Crippen LogP contribution in [0.1, 0.15) is 7.43 Å². The Hall–Kier alpha value is -6.34. The predicted octanol–water partition coefficient (Wildman–Crippen LogP) is 9.20. The number of benzene rings is 6. The number of ether oxygens (including phenoxy) is 2. The van der Waals surface area contributed by atoms with Crippen molar-refractivity contribution in [3.05, 3.63) is 162 Å². The fraction of sp³-hybridized carbons (Fsp3) is 0.0698. The maximum absolute atomic E-state index is 8.58. The largest absolute Gasteiger partial charge is 0.494 e. The average molecular weight is 796 g/mol. The molecule has 0 aliphatic rings. The minimum atomic E-state index is -1.34. The summed E-state index contributed by atoms with van der Waals surface area (Å²) in [5.41, 5.74) is 6.20. The first-order valence-electron chi connectivity index (χ1n) is 16.9. The third-order valence-electron chi connectivity index (χ3n) is 7.97. The van der Waals surface area contributed by atoms with Crippen LogP contribution >= 0.6 is 15.9 Å². The van der Waals surface area contributed by atoms with Gasteiger partial charge in [0.2, 0.25) is 11.9 Å². The number of halogens is 1. The number of nitrogens with zero attached hydrogens (tertiary/aromatic N) is 4. The molecule has 0 radical (unpaired) electrons. The number of hydrogen-bond donors (Lipinski definition) is 4. The second kappa shape index (κ2) is 19.7. The smallest absolute Gasteiger partial charge is 0.488 e. The SMILES string of the molecule is C.COc1cc(-c2ccccc2)cc2cnc(Nc3ccccc3)nc12.COc1cc(Br)cc2cnc(Nc3ccccc3)nc12.OB(O)c1ccccc1. The zero-order valence-electron chi connectivity index (χ0n) is 29.5. The summed E-state index contributed by atoms with van der Waals surface area (Å²) in [6.07, 6.45) is 3.60. The van der Waals surface area contributed by atoms with Crippen LogP contribution in [0.15, 0.2) is 162 Å². The lowest BCUT2D eigenvalue weighted by molar-refractivity contribution is 0.418. The van der Waals surface area contributed by atoms with Gasteiger partial charge in [0.15, 0.2) is 0 Å². The molecule has 0 aliphatic heterocycles. The summed E-state index contributed by atoms with van der Waals surface area (Å²) >= 11 is 3.45. The van der Waals surface area contributed by atoms with E-state index in [4.69, 9.17) is 19.5 Å². The highest BCUT2D eigenvalue weighted by molar-refractivity contribution is 9.10. The summed E-state index contributed by atoms with van der Waals surface area (Å²) in [5, 5.41) is 25.4. The van der Waals surface area contributed by atoms with E-state index in [1.165, 1.54) is 0 Å². The normalized spacial score (nSPS) is 10.1. The van der Waals surface area contributed by atoms with E-state index in [9.17, 15) is 0 Å². The Bertz CT molecular complexity index is 2410. The number of aromatic nitrogens is 4. The first-order valence-corrected chi connectivity index (χ1v) is 17.6. The van der Waals surface area contributed by atoms with E-state index in [1.807, 2.05) is 109 Å². The fourth-order valence-electron chi connectivity index (χ4n) is 5.35. The number of methoxy groups -OCH3 is 2. The van der Waals surface area contributed by atoms with Crippen molar-refractivity contribution in [2.45, 2.75) is 7.43 Å². The summed E-state index contributed by atoms with van der Waals surface area (Å²) in [4.78, 5) is 17.9. The van der Waals surface area contributed by atoms with Crippen LogP contribution in [0.3, 0.4) is 0 Å². The van der Waals surface area contributed by atoms with Crippen LogP contribution in [-0.4, -0.2) is 51.3 Å². The zero-order chi connectivity index (χ0) is 37.7. The summed E-state index contributed by atoms with van der Waals surface area (Å²) in [7, 11) is 1.95. The number of rotatable bonds is 8. The Morgan fingerprint density at radius 1 is 0.545 bits per heavy atom. The molecule has 0 unspecified atom stereocenters. The number of para-hydroxylation sites is 2. The number of nitrogens with one attached hydrogen (secondary N) is 2. The van der Waals surface area contributed by atoms with Crippen LogP contribution in [0.5, 0.6) is 11.5 Å². The van der Waals surface area contributed by atoms with Gasteiger partial charge in [0, 0.05) is 39.0 Å². The molecule has 55 heavy (non-hydrogen) atoms. The van der Waals surface area contributed by atoms with E-state index in [1.54, 1.807) is 44.7 Å². The summed E-state index contributed by atoms with van der Waals surface area (Å²) < 4.78 is 11.9. The van der Waals surface area contributed by atoms with Crippen molar-refractivity contribution in [3.8, 4) is 22.6 Å². The highest BCUT2D eigenvalue weighted by Crippen LogP contribution is 2.32. The lowest BCUT2D eigenvalue weighted by Gasteiger charge is -2.11. The second-order valence-corrected chi connectivity index (χ2v) is 12.6. The third kappa shape index (κ3) is 10.9. The molecular formula is C43H40BBrN6O4. The molecule has 0 aliphatic carbocycles. The molecule has 0 fully saturated rings. The molecule has 8 rings (SSSR count). The molecule has 0 bridgehead atoms. The van der Waals surface area contributed by atoms with Crippen molar-refractivity contribution in [2.24, 2.45) is 0 Å². The monoisotopic (exact) mass is 794 g/mol. The van der Waals surface area contributed by atoms with E-state index in [0.29, 0.717) is 23.1 Å². The molecule has 12 heteroatoms. The highest BCUT2D eigenvalue weighted by Gasteiger charge is 2.11. The summed E-state index contributed by atoms with van der Waals surface area (Å²) in [5.74, 6) is 2.54. The Labute approximate surface area is 329 Å². The Morgan fingerprint density at radius 3 is 1.44 bits per heavy atom. The second-order valence-electron chi connectivity index (χ2n) is 11.7. The van der Waals surface area contributed by atoms with Crippen molar-refractivity contribution >= 4 is 73.6 Å². The van der Waals surface area contributed by atoms with Gasteiger partial charge < -0.3 is 30.2 Å². The Kier molecular flexibility index (Phi) is 14.2. The van der Waals surface area contributed by atoms with Crippen molar-refractivity contribution in [1.82, 2.24) is 19.9 Å². The molecule has 0 spiro atoms. The molecule has 6 aromatic carbocycles. The van der Waals surface area contributed by atoms with Crippen LogP contribution in [0.25, 0.3) is 32.9 Å². The van der Waals surface area contributed by atoms with Crippen molar-refractivity contribution < 1.29 is 19.5 Å². The first kappa shape index (κ1) is 39.9. The van der Waals surface area contributed by atoms with E-state index < -0.39 is 7.12 Å². The van der Waals surface area contributed by atoms with E-state index in [2.05, 4.69) is 64.7 Å². The van der Waals surface area contributed by atoms with Gasteiger partial charge in [-0.2, -0.15) is 0 Å². The fourth-order valence-corrected chi connectivity index (χ4v) is 5.80. The lowest BCUT2D eigenvalue weighted by Crippen LogP contribution is -2.29. The number of anilines is 4. The molecular weight excluding hydrogens is 755 g/mol. The topological polar surface area (TPSA) is 135 Å². The van der Waals surface area contributed by atoms with Gasteiger partial charge in [-0.1, -0.05) is 120 Å². The summed E-state index contributed by atoms with van der Waals surface area (Å²) in [6.45, 7) is 0. The van der Waals surface area contributed by atoms with E-state index in [-0.39, 0.29) is 7.43 Å². The van der Waals surface area contributed by atoms with Gasteiger partial charge in [-0.15, -0.1) is 0 Å². The van der Waals surface area contributed by atoms with E-state index >= 15 is 0 Å². The van der Waals surface area contributed by atoms with Crippen LogP contribution in [0.2, 0.25) is 0 Å². The molecule has 276 valence electrons. The van der Waals surface area contributed by atoms with E-state index in [0.717, 1.165) is 54.5 Å². The van der Waals surface area contributed by atoms with Crippen LogP contribution in [0, 0.1) is 0 Å². The van der Waals surface area contributed by atoms with Crippen molar-refractivity contribution in [2.75, 3.05) is 24.9 Å². The number of fused-ring (bicyclic) bond motifs is 2. The molecule has 0 atom stereocenters. The lowest BCUT2D eigenvalue weighted by atomic mass is 9.81. The quantitative estimate of drug-likeness (QED) is 0.110. The maximum Gasteiger partial charge on any atom is 0.488 e. The molecule has 0 amide bonds. The maximum atomic E-state index is 8.58. The highest BCUT2D eigenvalue weighted by atomic mass is 79.9. The van der Waals surface area contributed by atoms with Gasteiger partial charge in [0.25, 0.3) is 0 Å². The molecule has 4 N–H and O–H groups in total. The van der Waals surface area contributed by atoms with Gasteiger partial charge in [0.05, 0.1) is 14.2 Å². The van der Waals surface area contributed by atoms with Crippen molar-refractivity contribution in [1.29, 1.82) is 0 Å². The van der Waals surface area contributed by atoms with Crippen molar-refractivity contribution in [3.63, 3.8) is 0 Å².